The van der Waals surface area contributed by atoms with Gasteiger partial charge in [-0.25, -0.2) is 0 Å². The predicted octanol–water partition coefficient (Wildman–Crippen LogP) is 3.12. The van der Waals surface area contributed by atoms with E-state index in [4.69, 9.17) is 12.2 Å². The van der Waals surface area contributed by atoms with Crippen LogP contribution < -0.4 is 0 Å². The number of phenolic OH excluding ortho intramolecular Hbond substituents is 1. The average Bonchev–Trinajstić information content (AvgIpc) is 2.20. The number of benzene rings is 1. The molecule has 0 amide bonds. The fourth-order valence-electron chi connectivity index (χ4n) is 1.34. The lowest BCUT2D eigenvalue weighted by Crippen LogP contribution is -1.82. The number of hydrogen-bond acceptors (Lipinski definition) is 2. The maximum absolute atomic E-state index is 9.63. The highest BCUT2D eigenvalue weighted by Gasteiger charge is 2.03. The van der Waals surface area contributed by atoms with Crippen molar-refractivity contribution in [2.45, 2.75) is 0 Å². The van der Waals surface area contributed by atoms with Gasteiger partial charge in [0.05, 0.1) is 0 Å². The Hall–Kier alpha value is -1.61. The zero-order valence-electron chi connectivity index (χ0n) is 7.40. The third-order valence-electron chi connectivity index (χ3n) is 2.01. The Morgan fingerprint density at radius 2 is 1.71 bits per heavy atom. The Bertz CT molecular complexity index is 504. The molecule has 0 aliphatic heterocycles. The second-order valence-electron chi connectivity index (χ2n) is 2.93. The van der Waals surface area contributed by atoms with Crippen LogP contribution in [0.2, 0.25) is 0 Å². The number of rotatable bonds is 1. The van der Waals surface area contributed by atoms with Crippen LogP contribution in [0.15, 0.2) is 42.6 Å². The summed E-state index contributed by atoms with van der Waals surface area (Å²) in [5, 5.41) is 9.63. The van der Waals surface area contributed by atoms with Gasteiger partial charge in [-0.3, -0.25) is 0 Å². The molecule has 14 heavy (non-hydrogen) atoms. The van der Waals surface area contributed by atoms with E-state index < -0.39 is 0 Å². The summed E-state index contributed by atoms with van der Waals surface area (Å²) in [6.07, 6.45) is 1.77. The Kier molecular flexibility index (Phi) is 2.33. The van der Waals surface area contributed by atoms with E-state index in [0.29, 0.717) is 4.64 Å². The molecule has 0 atom stereocenters. The number of aromatic nitrogens is 1. The van der Waals surface area contributed by atoms with Gasteiger partial charge in [0.1, 0.15) is 10.4 Å². The molecule has 0 saturated heterocycles. The lowest BCUT2D eigenvalue weighted by Gasteiger charge is -2.03. The minimum absolute atomic E-state index is 0.248. The Labute approximate surface area is 86.9 Å². The molecule has 2 aromatic rings. The number of para-hydroxylation sites is 1. The van der Waals surface area contributed by atoms with Crippen molar-refractivity contribution in [2.75, 3.05) is 0 Å². The highest BCUT2D eigenvalue weighted by Crippen LogP contribution is 2.28. The van der Waals surface area contributed by atoms with Crippen LogP contribution in [0.5, 0.6) is 5.75 Å². The summed E-state index contributed by atoms with van der Waals surface area (Å²) in [6, 6.07) is 10.9. The minimum Gasteiger partial charge on any atom is -0.507 e. The molecule has 1 aromatic heterocycles. The fourth-order valence-corrected chi connectivity index (χ4v) is 1.58. The van der Waals surface area contributed by atoms with E-state index in [0.717, 1.165) is 11.1 Å². The third-order valence-corrected chi connectivity index (χ3v) is 2.35. The van der Waals surface area contributed by atoms with E-state index in [-0.39, 0.29) is 5.75 Å². The van der Waals surface area contributed by atoms with Crippen LogP contribution in [0.4, 0.5) is 0 Å². The highest BCUT2D eigenvalue weighted by molar-refractivity contribution is 7.71. The van der Waals surface area contributed by atoms with Gasteiger partial charge >= 0.3 is 0 Å². The number of aromatic hydroxyl groups is 1. The van der Waals surface area contributed by atoms with Crippen LogP contribution in [0, 0.1) is 4.64 Å². The van der Waals surface area contributed by atoms with E-state index in [1.54, 1.807) is 18.3 Å². The number of H-pyrrole nitrogens is 1. The van der Waals surface area contributed by atoms with Crippen molar-refractivity contribution in [3.63, 3.8) is 0 Å². The summed E-state index contributed by atoms with van der Waals surface area (Å²) in [6.45, 7) is 0. The van der Waals surface area contributed by atoms with Gasteiger partial charge in [0.15, 0.2) is 0 Å². The number of phenols is 1. The van der Waals surface area contributed by atoms with Crippen molar-refractivity contribution in [3.05, 3.63) is 47.2 Å². The molecule has 2 nitrogen and oxygen atoms in total. The molecule has 0 radical (unpaired) electrons. The molecule has 1 aromatic carbocycles. The van der Waals surface area contributed by atoms with Gasteiger partial charge in [0.25, 0.3) is 0 Å². The van der Waals surface area contributed by atoms with Gasteiger partial charge in [-0.15, -0.1) is 0 Å². The van der Waals surface area contributed by atoms with Gasteiger partial charge in [-0.2, -0.15) is 0 Å². The Morgan fingerprint density at radius 3 is 2.43 bits per heavy atom. The van der Waals surface area contributed by atoms with Gasteiger partial charge in [-0.1, -0.05) is 30.4 Å². The molecule has 0 aliphatic rings. The first-order chi connectivity index (χ1) is 6.79. The van der Waals surface area contributed by atoms with E-state index in [1.165, 1.54) is 0 Å². The smallest absolute Gasteiger partial charge is 0.123 e. The molecule has 0 aliphatic carbocycles. The first-order valence-electron chi connectivity index (χ1n) is 4.25. The molecule has 70 valence electrons. The molecule has 0 bridgehead atoms. The van der Waals surface area contributed by atoms with Gasteiger partial charge in [0.2, 0.25) is 0 Å². The summed E-state index contributed by atoms with van der Waals surface area (Å²) < 4.78 is 0.633. The van der Waals surface area contributed by atoms with Gasteiger partial charge < -0.3 is 10.1 Å². The number of nitrogens with one attached hydrogen (secondary N) is 1. The first kappa shape index (κ1) is 8.97. The van der Waals surface area contributed by atoms with Crippen molar-refractivity contribution in [3.8, 4) is 16.9 Å². The van der Waals surface area contributed by atoms with Crippen LogP contribution in [0.25, 0.3) is 11.1 Å². The summed E-state index contributed by atoms with van der Waals surface area (Å²) >= 11 is 5.13. The highest BCUT2D eigenvalue weighted by atomic mass is 32.1. The molecule has 0 spiro atoms. The first-order valence-corrected chi connectivity index (χ1v) is 4.66. The largest absolute Gasteiger partial charge is 0.507 e. The van der Waals surface area contributed by atoms with Crippen molar-refractivity contribution in [2.24, 2.45) is 0 Å². The standard InChI is InChI=1S/C11H9NOS/c13-10-6-2-1-4-8(10)9-5-3-7-12-11(9)14/h1-7,13H,(H,12,14). The second-order valence-corrected chi connectivity index (χ2v) is 3.34. The number of hydrogen-bond donors (Lipinski definition) is 2. The molecule has 3 heteroatoms. The summed E-state index contributed by atoms with van der Waals surface area (Å²) in [5.74, 6) is 0.248. The van der Waals surface area contributed by atoms with E-state index in [1.807, 2.05) is 24.3 Å². The normalized spacial score (nSPS) is 10.0. The fraction of sp³-hybridized carbons (Fsp3) is 0. The minimum atomic E-state index is 0.248. The average molecular weight is 203 g/mol. The van der Waals surface area contributed by atoms with Crippen molar-refractivity contribution in [1.82, 2.24) is 4.98 Å². The topological polar surface area (TPSA) is 36.0 Å². The molecule has 2 rings (SSSR count). The van der Waals surface area contributed by atoms with Crippen LogP contribution in [0.3, 0.4) is 0 Å². The number of pyridine rings is 1. The van der Waals surface area contributed by atoms with E-state index >= 15 is 0 Å². The maximum atomic E-state index is 9.63. The van der Waals surface area contributed by atoms with Crippen LogP contribution in [0.1, 0.15) is 0 Å². The Balaban J connectivity index is 2.67. The lowest BCUT2D eigenvalue weighted by molar-refractivity contribution is 0.477. The molecule has 1 heterocycles. The molecule has 0 saturated carbocycles. The summed E-state index contributed by atoms with van der Waals surface area (Å²) in [7, 11) is 0. The van der Waals surface area contributed by atoms with Gasteiger partial charge in [-0.05, 0) is 18.2 Å². The number of aromatic amines is 1. The molecular formula is C11H9NOS. The van der Waals surface area contributed by atoms with E-state index in [2.05, 4.69) is 4.98 Å². The van der Waals surface area contributed by atoms with Crippen molar-refractivity contribution >= 4 is 12.2 Å². The van der Waals surface area contributed by atoms with Crippen molar-refractivity contribution < 1.29 is 5.11 Å². The molecule has 2 N–H and O–H groups in total. The summed E-state index contributed by atoms with van der Waals surface area (Å²) in [4.78, 5) is 2.93. The zero-order valence-corrected chi connectivity index (χ0v) is 8.21. The third kappa shape index (κ3) is 1.54. The van der Waals surface area contributed by atoms with E-state index in [9.17, 15) is 5.11 Å². The monoisotopic (exact) mass is 203 g/mol. The quantitative estimate of drug-likeness (QED) is 0.698. The van der Waals surface area contributed by atoms with Crippen molar-refractivity contribution in [1.29, 1.82) is 0 Å². The summed E-state index contributed by atoms with van der Waals surface area (Å²) in [5.41, 5.74) is 1.61. The maximum Gasteiger partial charge on any atom is 0.123 e. The van der Waals surface area contributed by atoms with Gasteiger partial charge in [0, 0.05) is 17.3 Å². The van der Waals surface area contributed by atoms with Crippen LogP contribution in [-0.2, 0) is 0 Å². The second kappa shape index (κ2) is 3.64. The van der Waals surface area contributed by atoms with Crippen LogP contribution >= 0.6 is 12.2 Å². The molecule has 0 fully saturated rings. The molecular weight excluding hydrogens is 194 g/mol. The lowest BCUT2D eigenvalue weighted by atomic mass is 10.1. The molecule has 0 unspecified atom stereocenters. The SMILES string of the molecule is Oc1ccccc1-c1ccc[nH]c1=S. The van der Waals surface area contributed by atoms with Crippen LogP contribution in [-0.4, -0.2) is 10.1 Å². The Morgan fingerprint density at radius 1 is 1.00 bits per heavy atom. The predicted molar refractivity (Wildman–Crippen MR) is 58.7 cm³/mol. The zero-order chi connectivity index (χ0) is 9.97.